The number of fused-ring (bicyclic) bond motifs is 1. The first kappa shape index (κ1) is 29.3. The first-order valence-electron chi connectivity index (χ1n) is 13.0. The first-order chi connectivity index (χ1) is 16.0. The number of rotatable bonds is 9. The van der Waals surface area contributed by atoms with E-state index < -0.39 is 12.3 Å². The molecule has 33 heavy (non-hydrogen) atoms. The Morgan fingerprint density at radius 3 is 2.24 bits per heavy atom. The van der Waals surface area contributed by atoms with Gasteiger partial charge in [0, 0.05) is 5.92 Å². The third-order valence-corrected chi connectivity index (χ3v) is 7.02. The third-order valence-electron chi connectivity index (χ3n) is 7.02. The number of benzene rings is 1. The lowest BCUT2D eigenvalue weighted by Crippen LogP contribution is -2.20. The summed E-state index contributed by atoms with van der Waals surface area (Å²) in [7, 11) is 0. The van der Waals surface area contributed by atoms with Crippen molar-refractivity contribution in [1.29, 1.82) is 0 Å². The second kappa shape index (κ2) is 16.8. The highest BCUT2D eigenvalue weighted by Gasteiger charge is 2.34. The quantitative estimate of drug-likeness (QED) is 0.304. The number of alkyl halides is 1. The van der Waals surface area contributed by atoms with Crippen molar-refractivity contribution in [2.75, 3.05) is 0 Å². The predicted octanol–water partition coefficient (Wildman–Crippen LogP) is 7.69. The van der Waals surface area contributed by atoms with Gasteiger partial charge in [-0.05, 0) is 67.4 Å². The van der Waals surface area contributed by atoms with Crippen molar-refractivity contribution in [2.45, 2.75) is 97.8 Å². The van der Waals surface area contributed by atoms with E-state index in [1.807, 2.05) is 18.9 Å². The molecular formula is C30H47FO2. The fourth-order valence-electron chi connectivity index (χ4n) is 4.55. The Hall–Kier alpha value is -1.74. The molecule has 4 atom stereocenters. The van der Waals surface area contributed by atoms with Crippen LogP contribution in [0.5, 0.6) is 0 Å². The van der Waals surface area contributed by atoms with Gasteiger partial charge in [-0.3, -0.25) is 0 Å². The number of aliphatic hydroxyl groups excluding tert-OH is 1. The maximum absolute atomic E-state index is 14.4. The van der Waals surface area contributed by atoms with E-state index >= 15 is 0 Å². The molecule has 3 rings (SSSR count). The van der Waals surface area contributed by atoms with Crippen LogP contribution in [-0.2, 0) is 17.6 Å². The number of allylic oxidation sites excluding steroid dienone is 3. The van der Waals surface area contributed by atoms with Crippen LogP contribution in [0.25, 0.3) is 0 Å². The summed E-state index contributed by atoms with van der Waals surface area (Å²) in [6.45, 7) is 10.8. The molecule has 1 aromatic carbocycles. The first-order valence-corrected chi connectivity index (χ1v) is 13.0. The van der Waals surface area contributed by atoms with Crippen LogP contribution in [-0.4, -0.2) is 24.2 Å². The largest absolute Gasteiger partial charge is 0.389 e. The smallest absolute Gasteiger partial charge is 0.107 e. The second-order valence-corrected chi connectivity index (χ2v) is 9.89. The van der Waals surface area contributed by atoms with Gasteiger partial charge >= 0.3 is 0 Å². The summed E-state index contributed by atoms with van der Waals surface area (Å²) in [6, 6.07) is 8.44. The molecule has 4 unspecified atom stereocenters. The normalized spacial score (nSPS) is 23.3. The molecule has 3 heteroatoms. The highest BCUT2D eigenvalue weighted by atomic mass is 19.1. The van der Waals surface area contributed by atoms with Gasteiger partial charge in [0.25, 0.3) is 0 Å². The number of carbonyl (C=O) groups is 1. The van der Waals surface area contributed by atoms with Crippen molar-refractivity contribution in [3.8, 4) is 0 Å². The molecule has 0 bridgehead atoms. The minimum absolute atomic E-state index is 0.0377. The Bertz CT molecular complexity index is 671. The van der Waals surface area contributed by atoms with Crippen molar-refractivity contribution in [3.63, 3.8) is 0 Å². The topological polar surface area (TPSA) is 37.3 Å². The van der Waals surface area contributed by atoms with Gasteiger partial charge < -0.3 is 9.90 Å². The van der Waals surface area contributed by atoms with Gasteiger partial charge in [0.1, 0.15) is 13.0 Å². The molecule has 0 spiro atoms. The molecule has 1 saturated carbocycles. The molecule has 0 saturated heterocycles. The number of unbranched alkanes of at least 4 members (excludes halogenated alkanes) is 2. The van der Waals surface area contributed by atoms with Crippen molar-refractivity contribution in [3.05, 3.63) is 59.7 Å². The van der Waals surface area contributed by atoms with Gasteiger partial charge in [0.15, 0.2) is 0 Å². The van der Waals surface area contributed by atoms with Crippen LogP contribution in [0.15, 0.2) is 48.6 Å². The Kier molecular flexibility index (Phi) is 14.9. The fraction of sp³-hybridized carbons (Fsp3) is 0.633. The number of hydrogen-bond acceptors (Lipinski definition) is 2. The molecule has 2 aliphatic carbocycles. The van der Waals surface area contributed by atoms with Crippen molar-refractivity contribution in [2.24, 2.45) is 23.7 Å². The maximum atomic E-state index is 14.4. The van der Waals surface area contributed by atoms with Crippen molar-refractivity contribution < 1.29 is 14.3 Å². The summed E-state index contributed by atoms with van der Waals surface area (Å²) in [4.78, 5) is 8.00. The van der Waals surface area contributed by atoms with E-state index in [0.717, 1.165) is 38.0 Å². The zero-order valence-corrected chi connectivity index (χ0v) is 21.4. The summed E-state index contributed by atoms with van der Waals surface area (Å²) in [5.41, 5.74) is 2.70. The molecule has 186 valence electrons. The Balaban J connectivity index is 0.000000689. The summed E-state index contributed by atoms with van der Waals surface area (Å²) < 4.78 is 14.4. The Morgan fingerprint density at radius 1 is 1.09 bits per heavy atom. The summed E-state index contributed by atoms with van der Waals surface area (Å²) >= 11 is 0. The van der Waals surface area contributed by atoms with Gasteiger partial charge in [-0.2, -0.15) is 0 Å². The molecular weight excluding hydrogens is 411 g/mol. The van der Waals surface area contributed by atoms with Gasteiger partial charge in [-0.25, -0.2) is 4.39 Å². The number of hydrogen-bond donors (Lipinski definition) is 1. The second-order valence-electron chi connectivity index (χ2n) is 9.89. The van der Waals surface area contributed by atoms with E-state index in [9.17, 15) is 9.50 Å². The molecule has 0 amide bonds. The van der Waals surface area contributed by atoms with E-state index in [4.69, 9.17) is 4.79 Å². The van der Waals surface area contributed by atoms with Gasteiger partial charge in [0.05, 0.1) is 6.10 Å². The van der Waals surface area contributed by atoms with Crippen LogP contribution in [0, 0.1) is 23.7 Å². The zero-order chi connectivity index (χ0) is 24.6. The minimum Gasteiger partial charge on any atom is -0.389 e. The number of carbonyl (C=O) groups excluding carboxylic acids is 1. The van der Waals surface area contributed by atoms with Crippen LogP contribution in [0.2, 0.25) is 0 Å². The predicted molar refractivity (Wildman–Crippen MR) is 139 cm³/mol. The van der Waals surface area contributed by atoms with E-state index in [0.29, 0.717) is 12.3 Å². The molecule has 1 N–H and O–H groups in total. The van der Waals surface area contributed by atoms with Crippen LogP contribution in [0.1, 0.15) is 83.8 Å². The van der Waals surface area contributed by atoms with Crippen molar-refractivity contribution in [1.82, 2.24) is 0 Å². The highest BCUT2D eigenvalue weighted by Crippen LogP contribution is 2.38. The molecule has 0 heterocycles. The molecule has 0 aliphatic heterocycles. The maximum Gasteiger partial charge on any atom is 0.107 e. The summed E-state index contributed by atoms with van der Waals surface area (Å²) in [5, 5.41) is 10.6. The molecule has 1 aromatic rings. The number of halogens is 1. The average molecular weight is 459 g/mol. The monoisotopic (exact) mass is 458 g/mol. The Morgan fingerprint density at radius 2 is 1.70 bits per heavy atom. The van der Waals surface area contributed by atoms with Crippen LogP contribution in [0.4, 0.5) is 4.39 Å². The lowest BCUT2D eigenvalue weighted by molar-refractivity contribution is -0.0980. The Labute approximate surface area is 202 Å². The standard InChI is InChI=1S/C24H33FO.C5H12.CH2O/c1-2-3-4-5-6-9-18-12-14-23(25)22(18)13-15-24(26)21-16-19-10-7-8-11-20(19)17-21;1-4-5(2)3;1-2/h5-8,10-11,13,15,18,21-24,26H,2-4,9,12,14,16-17H2,1H3;5H,4H2,1-3H3;1H2/b6-5-,15-13+;;. The van der Waals surface area contributed by atoms with E-state index in [-0.39, 0.29) is 11.8 Å². The average Bonchev–Trinajstić information content (AvgIpc) is 3.42. The lowest BCUT2D eigenvalue weighted by atomic mass is 9.90. The van der Waals surface area contributed by atoms with Crippen LogP contribution in [0.3, 0.4) is 0 Å². The van der Waals surface area contributed by atoms with Gasteiger partial charge in [-0.1, -0.05) is 95.5 Å². The molecule has 1 fully saturated rings. The molecule has 2 aliphatic rings. The van der Waals surface area contributed by atoms with Crippen molar-refractivity contribution >= 4 is 6.79 Å². The summed E-state index contributed by atoms with van der Waals surface area (Å²) in [5.74, 6) is 1.46. The minimum atomic E-state index is -0.756. The summed E-state index contributed by atoms with van der Waals surface area (Å²) in [6.07, 6.45) is 16.4. The van der Waals surface area contributed by atoms with E-state index in [1.165, 1.54) is 30.4 Å². The lowest BCUT2D eigenvalue weighted by Gasteiger charge is -2.18. The molecule has 2 nitrogen and oxygen atoms in total. The van der Waals surface area contributed by atoms with E-state index in [1.54, 1.807) is 0 Å². The zero-order valence-electron chi connectivity index (χ0n) is 21.4. The fourth-order valence-corrected chi connectivity index (χ4v) is 4.55. The van der Waals surface area contributed by atoms with Gasteiger partial charge in [0.2, 0.25) is 0 Å². The van der Waals surface area contributed by atoms with Crippen LogP contribution < -0.4 is 0 Å². The molecule has 0 radical (unpaired) electrons. The SMILES string of the molecule is C=O.CCC(C)C.CCCC/C=C\CC1CCC(F)C1/C=C/C(O)C1Cc2ccccc2C1. The highest BCUT2D eigenvalue weighted by molar-refractivity contribution is 5.33. The van der Waals surface area contributed by atoms with E-state index in [2.05, 4.69) is 64.1 Å². The number of aliphatic hydroxyl groups is 1. The van der Waals surface area contributed by atoms with Gasteiger partial charge in [-0.15, -0.1) is 0 Å². The third kappa shape index (κ3) is 10.4. The molecule has 0 aromatic heterocycles. The van der Waals surface area contributed by atoms with Crippen LogP contribution >= 0.6 is 0 Å².